The Hall–Kier alpha value is -2.75. The Balaban J connectivity index is 2.59. The lowest BCUT2D eigenvalue weighted by Gasteiger charge is -2.10. The van der Waals surface area contributed by atoms with E-state index in [0.29, 0.717) is 11.1 Å². The van der Waals surface area contributed by atoms with Crippen LogP contribution in [0.1, 0.15) is 39.2 Å². The van der Waals surface area contributed by atoms with Crippen LogP contribution in [0.5, 0.6) is 0 Å². The third-order valence-electron chi connectivity index (χ3n) is 4.30. The third kappa shape index (κ3) is 4.88. The Morgan fingerprint density at radius 1 is 1.12 bits per heavy atom. The molecule has 1 aromatic rings. The van der Waals surface area contributed by atoms with Gasteiger partial charge in [-0.25, -0.2) is 9.18 Å². The summed E-state index contributed by atoms with van der Waals surface area (Å²) >= 11 is 0. The summed E-state index contributed by atoms with van der Waals surface area (Å²) in [4.78, 5) is 22.9. The van der Waals surface area contributed by atoms with E-state index in [-0.39, 0.29) is 17.3 Å². The van der Waals surface area contributed by atoms with Crippen LogP contribution in [0, 0.1) is 5.92 Å². The van der Waals surface area contributed by atoms with Gasteiger partial charge in [-0.15, -0.1) is 0 Å². The molecule has 0 amide bonds. The van der Waals surface area contributed by atoms with Crippen molar-refractivity contribution >= 4 is 17.3 Å². The number of carboxylic acids is 1. The van der Waals surface area contributed by atoms with Gasteiger partial charge in [0.25, 0.3) is 0 Å². The maximum atomic E-state index is 14.5. The summed E-state index contributed by atoms with van der Waals surface area (Å²) in [6.45, 7) is 4.67. The van der Waals surface area contributed by atoms with Crippen LogP contribution < -0.4 is 0 Å². The van der Waals surface area contributed by atoms with E-state index in [1.54, 1.807) is 19.9 Å². The predicted octanol–water partition coefficient (Wildman–Crippen LogP) is 5.27. The van der Waals surface area contributed by atoms with Crippen LogP contribution in [0.4, 0.5) is 4.39 Å². The first-order valence-electron chi connectivity index (χ1n) is 8.61. The summed E-state index contributed by atoms with van der Waals surface area (Å²) in [7, 11) is 0. The van der Waals surface area contributed by atoms with Crippen molar-refractivity contribution in [3.63, 3.8) is 0 Å². The van der Waals surface area contributed by atoms with Crippen LogP contribution in [0.25, 0.3) is 5.57 Å². The number of hydrogen-bond donors (Lipinski definition) is 1. The van der Waals surface area contributed by atoms with Gasteiger partial charge in [0.2, 0.25) is 0 Å². The summed E-state index contributed by atoms with van der Waals surface area (Å²) in [5.41, 5.74) is 2.43. The molecule has 0 unspecified atom stereocenters. The van der Waals surface area contributed by atoms with Crippen molar-refractivity contribution in [1.82, 2.24) is 0 Å². The number of hydrogen-bond acceptors (Lipinski definition) is 2. The number of aliphatic carboxylic acids is 1. The molecule has 0 radical (unpaired) electrons. The van der Waals surface area contributed by atoms with Gasteiger partial charge in [-0.05, 0) is 62.3 Å². The van der Waals surface area contributed by atoms with Gasteiger partial charge in [0.15, 0.2) is 5.78 Å². The first-order chi connectivity index (χ1) is 12.3. The molecular weight excluding hydrogens is 331 g/mol. The number of allylic oxidation sites excluding steroid dienone is 7. The standard InChI is InChI=1S/C22H23FO3/c1-4-20(23)21(17-8-6-5-7-9-17)14(2)12-18(16-10-11-16)13-19(15(3)24)22(25)26/h4-9,12-13,16H,10-11H2,1-3H3,(H,25,26)/b18-12-,19-13+,20-4+,21-14-. The van der Waals surface area contributed by atoms with Crippen LogP contribution >= 0.6 is 0 Å². The van der Waals surface area contributed by atoms with Crippen LogP contribution in [0.2, 0.25) is 0 Å². The molecule has 0 aromatic heterocycles. The van der Waals surface area contributed by atoms with Crippen LogP contribution in [-0.2, 0) is 9.59 Å². The quantitative estimate of drug-likeness (QED) is 0.314. The van der Waals surface area contributed by atoms with Crippen LogP contribution in [0.15, 0.2) is 71.1 Å². The molecule has 0 spiro atoms. The van der Waals surface area contributed by atoms with Gasteiger partial charge < -0.3 is 5.11 Å². The van der Waals surface area contributed by atoms with Gasteiger partial charge in [0.05, 0.1) is 0 Å². The highest BCUT2D eigenvalue weighted by Crippen LogP contribution is 2.39. The van der Waals surface area contributed by atoms with Gasteiger partial charge >= 0.3 is 5.97 Å². The van der Waals surface area contributed by atoms with E-state index in [0.717, 1.165) is 24.0 Å². The zero-order valence-corrected chi connectivity index (χ0v) is 15.3. The highest BCUT2D eigenvalue weighted by Gasteiger charge is 2.27. The molecule has 4 heteroatoms. The van der Waals surface area contributed by atoms with Gasteiger partial charge in [-0.2, -0.15) is 0 Å². The monoisotopic (exact) mass is 354 g/mol. The molecule has 0 saturated heterocycles. The SMILES string of the molecule is C\C=C(F)/C(=C(C)\C=C(\C=C(/C(C)=O)C(=O)O)C1CC1)c1ccccc1. The fourth-order valence-corrected chi connectivity index (χ4v) is 2.80. The molecule has 0 aliphatic heterocycles. The lowest BCUT2D eigenvalue weighted by atomic mass is 9.95. The molecule has 1 aliphatic carbocycles. The Morgan fingerprint density at radius 3 is 2.19 bits per heavy atom. The zero-order chi connectivity index (χ0) is 19.3. The fourth-order valence-electron chi connectivity index (χ4n) is 2.80. The van der Waals surface area contributed by atoms with Gasteiger partial charge in [-0.3, -0.25) is 4.79 Å². The molecule has 0 heterocycles. The summed E-state index contributed by atoms with van der Waals surface area (Å²) < 4.78 is 14.5. The maximum Gasteiger partial charge on any atom is 0.339 e. The van der Waals surface area contributed by atoms with Gasteiger partial charge in [-0.1, -0.05) is 42.5 Å². The Morgan fingerprint density at radius 2 is 1.73 bits per heavy atom. The minimum absolute atomic E-state index is 0.212. The first kappa shape index (κ1) is 19.6. The summed E-state index contributed by atoms with van der Waals surface area (Å²) in [5, 5.41) is 9.24. The lowest BCUT2D eigenvalue weighted by molar-refractivity contribution is -0.134. The minimum atomic E-state index is -1.24. The number of ketones is 1. The summed E-state index contributed by atoms with van der Waals surface area (Å²) in [6.07, 6.45) is 6.52. The molecule has 3 nitrogen and oxygen atoms in total. The Labute approximate surface area is 153 Å². The molecule has 1 fully saturated rings. The summed E-state index contributed by atoms with van der Waals surface area (Å²) in [6, 6.07) is 9.22. The van der Waals surface area contributed by atoms with Crippen LogP contribution in [0.3, 0.4) is 0 Å². The second kappa shape index (κ2) is 8.56. The first-order valence-corrected chi connectivity index (χ1v) is 8.61. The fraction of sp³-hybridized carbons (Fsp3) is 0.273. The lowest BCUT2D eigenvalue weighted by Crippen LogP contribution is -2.09. The molecule has 0 atom stereocenters. The number of carbonyl (C=O) groups is 2. The van der Waals surface area contributed by atoms with Crippen molar-refractivity contribution < 1.29 is 19.1 Å². The maximum absolute atomic E-state index is 14.5. The van der Waals surface area contributed by atoms with E-state index >= 15 is 0 Å². The number of rotatable bonds is 7. The average molecular weight is 354 g/mol. The van der Waals surface area contributed by atoms with E-state index in [1.807, 2.05) is 30.3 Å². The van der Waals surface area contributed by atoms with Gasteiger partial charge in [0, 0.05) is 5.57 Å². The Kier molecular flexibility index (Phi) is 6.45. The van der Waals surface area contributed by atoms with Gasteiger partial charge in [0.1, 0.15) is 11.4 Å². The predicted molar refractivity (Wildman–Crippen MR) is 101 cm³/mol. The van der Waals surface area contributed by atoms with E-state index in [4.69, 9.17) is 0 Å². The Bertz CT molecular complexity index is 806. The molecular formula is C22H23FO3. The van der Waals surface area contributed by atoms with Crippen molar-refractivity contribution in [3.05, 3.63) is 76.7 Å². The van der Waals surface area contributed by atoms with E-state index in [2.05, 4.69) is 0 Å². The van der Waals surface area contributed by atoms with Crippen molar-refractivity contribution in [1.29, 1.82) is 0 Å². The highest BCUT2D eigenvalue weighted by atomic mass is 19.1. The molecule has 1 saturated carbocycles. The van der Waals surface area contributed by atoms with Crippen molar-refractivity contribution in [2.45, 2.75) is 33.6 Å². The third-order valence-corrected chi connectivity index (χ3v) is 4.30. The molecule has 26 heavy (non-hydrogen) atoms. The van der Waals surface area contributed by atoms with Crippen molar-refractivity contribution in [2.24, 2.45) is 5.92 Å². The van der Waals surface area contributed by atoms with E-state index in [9.17, 15) is 19.1 Å². The average Bonchev–Trinajstić information content (AvgIpc) is 3.43. The highest BCUT2D eigenvalue weighted by molar-refractivity contribution is 6.16. The summed E-state index contributed by atoms with van der Waals surface area (Å²) in [5.74, 6) is -1.86. The topological polar surface area (TPSA) is 54.4 Å². The number of carbonyl (C=O) groups excluding carboxylic acids is 1. The second-order valence-corrected chi connectivity index (χ2v) is 6.40. The van der Waals surface area contributed by atoms with E-state index in [1.165, 1.54) is 19.1 Å². The molecule has 136 valence electrons. The van der Waals surface area contributed by atoms with E-state index < -0.39 is 11.8 Å². The van der Waals surface area contributed by atoms with Crippen molar-refractivity contribution in [2.75, 3.05) is 0 Å². The largest absolute Gasteiger partial charge is 0.478 e. The molecule has 1 aromatic carbocycles. The smallest absolute Gasteiger partial charge is 0.339 e. The molecule has 0 bridgehead atoms. The van der Waals surface area contributed by atoms with Crippen LogP contribution in [-0.4, -0.2) is 16.9 Å². The molecule has 1 aliphatic rings. The second-order valence-electron chi connectivity index (χ2n) is 6.40. The zero-order valence-electron chi connectivity index (χ0n) is 15.3. The number of Topliss-reactive ketones (excluding diaryl/α,β-unsaturated/α-hetero) is 1. The molecule has 1 N–H and O–H groups in total. The number of benzene rings is 1. The minimum Gasteiger partial charge on any atom is -0.478 e. The number of carboxylic acid groups (broad SMARTS) is 1. The normalized spacial score (nSPS) is 17.0. The number of halogens is 1. The molecule has 2 rings (SSSR count). The van der Waals surface area contributed by atoms with Crippen molar-refractivity contribution in [3.8, 4) is 0 Å².